The van der Waals surface area contributed by atoms with Crippen LogP contribution in [0.2, 0.25) is 0 Å². The van der Waals surface area contributed by atoms with Gasteiger partial charge in [-0.25, -0.2) is 4.39 Å². The van der Waals surface area contributed by atoms with Crippen molar-refractivity contribution < 1.29 is 45.1 Å². The first kappa shape index (κ1) is 36.9. The lowest BCUT2D eigenvalue weighted by Gasteiger charge is -2.31. The van der Waals surface area contributed by atoms with Gasteiger partial charge in [-0.15, -0.1) is 11.3 Å². The number of aryl methyl sites for hydroxylation is 1. The summed E-state index contributed by atoms with van der Waals surface area (Å²) in [7, 11) is 0. The summed E-state index contributed by atoms with van der Waals surface area (Å²) in [6, 6.07) is 7.31. The number of hydrogen-bond donors (Lipinski definition) is 1. The first-order chi connectivity index (χ1) is 22.4. The van der Waals surface area contributed by atoms with E-state index in [9.17, 15) is 45.6 Å². The molecule has 4 rings (SSSR count). The van der Waals surface area contributed by atoms with Crippen LogP contribution < -0.4 is 5.32 Å². The molecule has 258 valence electrons. The number of esters is 1. The highest BCUT2D eigenvalue weighted by Gasteiger charge is 2.40. The van der Waals surface area contributed by atoms with Gasteiger partial charge in [0.2, 0.25) is 0 Å². The Bertz CT molecular complexity index is 1690. The van der Waals surface area contributed by atoms with Crippen LogP contribution in [0, 0.1) is 30.0 Å². The molecule has 1 N–H and O–H groups in total. The zero-order chi connectivity index (χ0) is 35.6. The molecular formula is C34H34F7N3O3S. The van der Waals surface area contributed by atoms with Crippen molar-refractivity contribution in [2.24, 2.45) is 5.92 Å². The van der Waals surface area contributed by atoms with Crippen LogP contribution in [0.1, 0.15) is 66.3 Å². The van der Waals surface area contributed by atoms with Gasteiger partial charge in [-0.2, -0.15) is 31.6 Å². The second kappa shape index (κ2) is 14.3. The number of alkyl halides is 6. The molecule has 1 aliphatic rings. The average Bonchev–Trinajstić information content (AvgIpc) is 3.35. The Hall–Kier alpha value is -3.96. The SMILES string of the molecule is CCOC(=O)[C@@H]1CCCN(Cc2sc(-c3ccc(F)cc3C)c(NCC(=O)C(C)(C)c3cc(C(F)(F)F)cc(C(F)(F)F)c3)c2C#N)C1. The van der Waals surface area contributed by atoms with E-state index in [-0.39, 0.29) is 42.4 Å². The zero-order valence-corrected chi connectivity index (χ0v) is 27.5. The van der Waals surface area contributed by atoms with Crippen molar-refractivity contribution in [3.63, 3.8) is 0 Å². The quantitative estimate of drug-likeness (QED) is 0.169. The number of likely N-dealkylation sites (tertiary alicyclic amines) is 1. The molecule has 14 heteroatoms. The topological polar surface area (TPSA) is 82.4 Å². The van der Waals surface area contributed by atoms with Crippen LogP contribution >= 0.6 is 11.3 Å². The van der Waals surface area contributed by atoms with E-state index in [4.69, 9.17) is 4.74 Å². The molecule has 6 nitrogen and oxygen atoms in total. The minimum absolute atomic E-state index is 0.00295. The number of nitriles is 1. The Kier molecular flexibility index (Phi) is 11.0. The summed E-state index contributed by atoms with van der Waals surface area (Å²) in [5.74, 6) is -1.86. The Labute approximate surface area is 277 Å². The number of carbonyl (C=O) groups is 2. The number of benzene rings is 2. The number of anilines is 1. The second-order valence-corrected chi connectivity index (χ2v) is 13.3. The molecular weight excluding hydrogens is 663 g/mol. The summed E-state index contributed by atoms with van der Waals surface area (Å²) >= 11 is 1.24. The second-order valence-electron chi connectivity index (χ2n) is 12.2. The maximum absolute atomic E-state index is 14.0. The third-order valence-electron chi connectivity index (χ3n) is 8.45. The molecule has 1 aliphatic heterocycles. The lowest BCUT2D eigenvalue weighted by molar-refractivity contribution is -0.150. The number of rotatable bonds is 10. The maximum Gasteiger partial charge on any atom is 0.416 e. The zero-order valence-electron chi connectivity index (χ0n) is 26.7. The molecule has 0 bridgehead atoms. The van der Waals surface area contributed by atoms with Crippen LogP contribution in [-0.4, -0.2) is 42.9 Å². The van der Waals surface area contributed by atoms with Crippen LogP contribution in [0.15, 0.2) is 36.4 Å². The maximum atomic E-state index is 14.0. The standard InChI is InChI=1S/C34H34F7N3O3S/c1-5-47-31(46)20-7-6-10-44(17-20)18-27-26(15-42)29(30(48-27)25-9-8-24(35)11-19(25)2)43-16-28(45)32(3,4)21-12-22(33(36,37)38)14-23(13-21)34(39,40)41/h8-9,11-14,20,43H,5-7,10,16-18H2,1-4H3/t20-/m1/s1. The van der Waals surface area contributed by atoms with Crippen LogP contribution in [0.5, 0.6) is 0 Å². The predicted octanol–water partition coefficient (Wildman–Crippen LogP) is 8.51. The molecule has 0 amide bonds. The van der Waals surface area contributed by atoms with E-state index < -0.39 is 52.6 Å². The Balaban J connectivity index is 1.70. The number of halogens is 7. The first-order valence-electron chi connectivity index (χ1n) is 15.1. The third-order valence-corrected chi connectivity index (χ3v) is 9.66. The van der Waals surface area contributed by atoms with E-state index in [2.05, 4.69) is 11.4 Å². The van der Waals surface area contributed by atoms with Gasteiger partial charge in [-0.1, -0.05) is 6.07 Å². The third kappa shape index (κ3) is 8.18. The lowest BCUT2D eigenvalue weighted by Crippen LogP contribution is -2.38. The van der Waals surface area contributed by atoms with E-state index in [1.165, 1.54) is 43.4 Å². The molecule has 2 aromatic carbocycles. The number of hydrogen-bond acceptors (Lipinski definition) is 7. The highest BCUT2D eigenvalue weighted by molar-refractivity contribution is 7.16. The van der Waals surface area contributed by atoms with E-state index in [1.54, 1.807) is 13.8 Å². The molecule has 48 heavy (non-hydrogen) atoms. The molecule has 0 unspecified atom stereocenters. The van der Waals surface area contributed by atoms with Gasteiger partial charge in [0.05, 0.1) is 51.7 Å². The Morgan fingerprint density at radius 3 is 2.23 bits per heavy atom. The van der Waals surface area contributed by atoms with E-state index in [0.717, 1.165) is 6.42 Å². The molecule has 2 heterocycles. The number of carbonyl (C=O) groups excluding carboxylic acids is 2. The molecule has 1 atom stereocenters. The summed E-state index contributed by atoms with van der Waals surface area (Å²) in [5.41, 5.74) is -3.84. The number of thiophene rings is 1. The smallest absolute Gasteiger partial charge is 0.416 e. The molecule has 0 spiro atoms. The summed E-state index contributed by atoms with van der Waals surface area (Å²) < 4.78 is 101. The van der Waals surface area contributed by atoms with Gasteiger partial charge >= 0.3 is 18.3 Å². The molecule has 1 saturated heterocycles. The monoisotopic (exact) mass is 697 g/mol. The van der Waals surface area contributed by atoms with Crippen LogP contribution in [0.4, 0.5) is 36.4 Å². The molecule has 0 aliphatic carbocycles. The van der Waals surface area contributed by atoms with Gasteiger partial charge in [-0.05, 0) is 94.1 Å². The largest absolute Gasteiger partial charge is 0.466 e. The van der Waals surface area contributed by atoms with Crippen LogP contribution in [-0.2, 0) is 38.6 Å². The molecule has 0 radical (unpaired) electrons. The van der Waals surface area contributed by atoms with Crippen molar-refractivity contribution in [2.75, 3.05) is 31.6 Å². The Morgan fingerprint density at radius 1 is 1.04 bits per heavy atom. The van der Waals surface area contributed by atoms with Crippen molar-refractivity contribution in [3.05, 3.63) is 74.9 Å². The number of ketones is 1. The summed E-state index contributed by atoms with van der Waals surface area (Å²) in [4.78, 5) is 29.1. The van der Waals surface area contributed by atoms with Crippen LogP contribution in [0.3, 0.4) is 0 Å². The van der Waals surface area contributed by atoms with Crippen molar-refractivity contribution in [1.82, 2.24) is 4.90 Å². The summed E-state index contributed by atoms with van der Waals surface area (Å²) in [6.45, 7) is 6.90. The number of nitrogens with one attached hydrogen (secondary N) is 1. The number of Topliss-reactive ketones (excluding diaryl/α,β-unsaturated/α-hetero) is 1. The van der Waals surface area contributed by atoms with E-state index >= 15 is 0 Å². The molecule has 1 aromatic heterocycles. The van der Waals surface area contributed by atoms with Gasteiger partial charge in [0.1, 0.15) is 11.9 Å². The fraction of sp³-hybridized carbons (Fsp3) is 0.441. The highest BCUT2D eigenvalue weighted by atomic mass is 32.1. The number of nitrogens with zero attached hydrogens (tertiary/aromatic N) is 2. The van der Waals surface area contributed by atoms with Gasteiger partial charge in [0, 0.05) is 18.0 Å². The number of ether oxygens (including phenoxy) is 1. The van der Waals surface area contributed by atoms with Crippen molar-refractivity contribution in [2.45, 2.75) is 64.8 Å². The first-order valence-corrected chi connectivity index (χ1v) is 16.0. The summed E-state index contributed by atoms with van der Waals surface area (Å²) in [5, 5.41) is 13.2. The van der Waals surface area contributed by atoms with Crippen LogP contribution in [0.25, 0.3) is 10.4 Å². The molecule has 3 aromatic rings. The van der Waals surface area contributed by atoms with E-state index in [0.29, 0.717) is 52.5 Å². The number of piperidine rings is 1. The lowest BCUT2D eigenvalue weighted by atomic mass is 9.79. The van der Waals surface area contributed by atoms with Gasteiger partial charge in [0.25, 0.3) is 0 Å². The van der Waals surface area contributed by atoms with Crippen molar-refractivity contribution in [3.8, 4) is 16.5 Å². The fourth-order valence-electron chi connectivity index (χ4n) is 5.67. The van der Waals surface area contributed by atoms with Gasteiger partial charge in [0.15, 0.2) is 5.78 Å². The summed E-state index contributed by atoms with van der Waals surface area (Å²) in [6.07, 6.45) is -8.80. The predicted molar refractivity (Wildman–Crippen MR) is 167 cm³/mol. The average molecular weight is 698 g/mol. The minimum Gasteiger partial charge on any atom is -0.466 e. The van der Waals surface area contributed by atoms with Gasteiger partial charge < -0.3 is 10.1 Å². The minimum atomic E-state index is -5.09. The van der Waals surface area contributed by atoms with Crippen molar-refractivity contribution in [1.29, 1.82) is 5.26 Å². The normalized spacial score (nSPS) is 16.0. The fourth-order valence-corrected chi connectivity index (χ4v) is 7.03. The van der Waals surface area contributed by atoms with E-state index in [1.807, 2.05) is 4.90 Å². The Morgan fingerprint density at radius 2 is 1.67 bits per heavy atom. The highest BCUT2D eigenvalue weighted by Crippen LogP contribution is 2.44. The molecule has 0 saturated carbocycles. The van der Waals surface area contributed by atoms with Crippen molar-refractivity contribution >= 4 is 28.8 Å². The van der Waals surface area contributed by atoms with Gasteiger partial charge in [-0.3, -0.25) is 14.5 Å². The molecule has 1 fully saturated rings.